The van der Waals surface area contributed by atoms with Gasteiger partial charge in [0.05, 0.1) is 17.4 Å². The fourth-order valence-electron chi connectivity index (χ4n) is 1.60. The first-order valence-electron chi connectivity index (χ1n) is 4.74. The maximum atomic E-state index is 10.7. The van der Waals surface area contributed by atoms with E-state index in [1.807, 2.05) is 6.07 Å². The first-order valence-corrected chi connectivity index (χ1v) is 5.54. The van der Waals surface area contributed by atoms with Crippen molar-refractivity contribution in [3.8, 4) is 0 Å². The molecule has 4 heteroatoms. The number of aldehydes is 1. The molecule has 0 saturated heterocycles. The number of benzene rings is 1. The van der Waals surface area contributed by atoms with Crippen LogP contribution in [-0.4, -0.2) is 15.8 Å². The van der Waals surface area contributed by atoms with E-state index in [1.165, 1.54) is 0 Å². The third kappa shape index (κ3) is 1.69. The summed E-state index contributed by atoms with van der Waals surface area (Å²) in [5.41, 5.74) is 2.53. The van der Waals surface area contributed by atoms with Gasteiger partial charge >= 0.3 is 0 Å². The molecule has 15 heavy (non-hydrogen) atoms. The van der Waals surface area contributed by atoms with Crippen molar-refractivity contribution >= 4 is 33.2 Å². The summed E-state index contributed by atoms with van der Waals surface area (Å²) in [5, 5.41) is 0. The Balaban J connectivity index is 2.76. The number of fused-ring (bicyclic) bond motifs is 1. The zero-order chi connectivity index (χ0) is 11.0. The van der Waals surface area contributed by atoms with Crippen LogP contribution in [0.2, 0.25) is 0 Å². The topological polar surface area (TPSA) is 34.9 Å². The molecule has 0 aliphatic heterocycles. The van der Waals surface area contributed by atoms with E-state index < -0.39 is 0 Å². The van der Waals surface area contributed by atoms with Gasteiger partial charge < -0.3 is 4.57 Å². The van der Waals surface area contributed by atoms with Gasteiger partial charge in [0.25, 0.3) is 0 Å². The molecule has 0 N–H and O–H groups in total. The predicted molar refractivity (Wildman–Crippen MR) is 63.2 cm³/mol. The lowest BCUT2D eigenvalue weighted by atomic mass is 10.2. The molecule has 0 aliphatic carbocycles. The fourth-order valence-corrected chi connectivity index (χ4v) is 2.27. The number of imidazole rings is 1. The van der Waals surface area contributed by atoms with Crippen molar-refractivity contribution in [2.24, 2.45) is 0 Å². The van der Waals surface area contributed by atoms with Crippen LogP contribution >= 0.6 is 15.9 Å². The molecule has 2 rings (SSSR count). The summed E-state index contributed by atoms with van der Waals surface area (Å²) in [6, 6.07) is 3.97. The van der Waals surface area contributed by atoms with E-state index in [1.54, 1.807) is 12.4 Å². The lowest BCUT2D eigenvalue weighted by Gasteiger charge is -2.09. The van der Waals surface area contributed by atoms with E-state index in [4.69, 9.17) is 0 Å². The van der Waals surface area contributed by atoms with E-state index in [2.05, 4.69) is 39.3 Å². The monoisotopic (exact) mass is 266 g/mol. The highest BCUT2D eigenvalue weighted by atomic mass is 79.9. The van der Waals surface area contributed by atoms with Crippen molar-refractivity contribution in [1.82, 2.24) is 9.55 Å². The summed E-state index contributed by atoms with van der Waals surface area (Å²) in [5.74, 6) is 0. The van der Waals surface area contributed by atoms with E-state index in [-0.39, 0.29) is 0 Å². The quantitative estimate of drug-likeness (QED) is 0.783. The minimum absolute atomic E-state index is 0.355. The molecule has 0 radical (unpaired) electrons. The van der Waals surface area contributed by atoms with E-state index in [9.17, 15) is 4.79 Å². The average molecular weight is 267 g/mol. The van der Waals surface area contributed by atoms with Crippen LogP contribution in [0.3, 0.4) is 0 Å². The zero-order valence-electron chi connectivity index (χ0n) is 8.57. The third-order valence-electron chi connectivity index (χ3n) is 2.34. The summed E-state index contributed by atoms with van der Waals surface area (Å²) in [6.07, 6.45) is 2.63. The molecule has 0 amide bonds. The Labute approximate surface area is 96.2 Å². The van der Waals surface area contributed by atoms with Crippen molar-refractivity contribution in [3.05, 3.63) is 28.5 Å². The smallest absolute Gasteiger partial charge is 0.150 e. The molecular formula is C11H11BrN2O. The summed E-state index contributed by atoms with van der Waals surface area (Å²) in [4.78, 5) is 15.0. The molecule has 0 saturated carbocycles. The highest BCUT2D eigenvalue weighted by Gasteiger charge is 2.10. The van der Waals surface area contributed by atoms with Gasteiger partial charge in [0, 0.05) is 16.1 Å². The summed E-state index contributed by atoms with van der Waals surface area (Å²) >= 11 is 3.47. The number of hydrogen-bond donors (Lipinski definition) is 0. The normalized spacial score (nSPS) is 11.2. The van der Waals surface area contributed by atoms with Crippen molar-refractivity contribution in [3.63, 3.8) is 0 Å². The van der Waals surface area contributed by atoms with Gasteiger partial charge in [-0.1, -0.05) is 0 Å². The number of rotatable bonds is 2. The Morgan fingerprint density at radius 3 is 2.80 bits per heavy atom. The molecule has 3 nitrogen and oxygen atoms in total. The second-order valence-electron chi connectivity index (χ2n) is 3.73. The van der Waals surface area contributed by atoms with Crippen molar-refractivity contribution in [1.29, 1.82) is 0 Å². The maximum absolute atomic E-state index is 10.7. The number of carbonyl (C=O) groups excluding carboxylic acids is 1. The summed E-state index contributed by atoms with van der Waals surface area (Å²) in [7, 11) is 0. The van der Waals surface area contributed by atoms with E-state index >= 15 is 0 Å². The van der Waals surface area contributed by atoms with Crippen molar-refractivity contribution in [2.45, 2.75) is 19.9 Å². The number of aromatic nitrogens is 2. The molecule has 1 aromatic heterocycles. The summed E-state index contributed by atoms with van der Waals surface area (Å²) < 4.78 is 2.99. The van der Waals surface area contributed by atoms with Crippen LogP contribution in [0.25, 0.3) is 11.0 Å². The number of halogens is 1. The Morgan fingerprint density at radius 2 is 2.20 bits per heavy atom. The number of carbonyl (C=O) groups is 1. The summed E-state index contributed by atoms with van der Waals surface area (Å²) in [6.45, 7) is 4.20. The Hall–Kier alpha value is -1.16. The lowest BCUT2D eigenvalue weighted by Crippen LogP contribution is -1.98. The number of nitrogens with zero attached hydrogens (tertiary/aromatic N) is 2. The highest BCUT2D eigenvalue weighted by molar-refractivity contribution is 9.10. The Morgan fingerprint density at radius 1 is 1.47 bits per heavy atom. The van der Waals surface area contributed by atoms with Crippen LogP contribution in [0.4, 0.5) is 0 Å². The Bertz CT molecular complexity index is 517. The van der Waals surface area contributed by atoms with Crippen LogP contribution in [0.15, 0.2) is 22.9 Å². The SMILES string of the molecule is CC(C)n1cnc2cc(C=O)cc(Br)c21. The predicted octanol–water partition coefficient (Wildman–Crippen LogP) is 3.19. The average Bonchev–Trinajstić information content (AvgIpc) is 2.61. The van der Waals surface area contributed by atoms with Crippen molar-refractivity contribution < 1.29 is 4.79 Å². The molecule has 0 aliphatic rings. The largest absolute Gasteiger partial charge is 0.327 e. The molecule has 0 bridgehead atoms. The van der Waals surface area contributed by atoms with Gasteiger partial charge in [-0.3, -0.25) is 4.79 Å². The van der Waals surface area contributed by atoms with Gasteiger partial charge in [0.15, 0.2) is 0 Å². The second kappa shape index (κ2) is 3.77. The molecule has 0 unspecified atom stereocenters. The molecule has 1 aromatic carbocycles. The van der Waals surface area contributed by atoms with Gasteiger partial charge in [-0.25, -0.2) is 4.98 Å². The minimum Gasteiger partial charge on any atom is -0.327 e. The molecule has 2 aromatic rings. The van der Waals surface area contributed by atoms with Gasteiger partial charge in [0.2, 0.25) is 0 Å². The van der Waals surface area contributed by atoms with Crippen LogP contribution in [0.5, 0.6) is 0 Å². The molecular weight excluding hydrogens is 256 g/mol. The first-order chi connectivity index (χ1) is 7.13. The van der Waals surface area contributed by atoms with Gasteiger partial charge in [-0.15, -0.1) is 0 Å². The second-order valence-corrected chi connectivity index (χ2v) is 4.59. The minimum atomic E-state index is 0.355. The highest BCUT2D eigenvalue weighted by Crippen LogP contribution is 2.26. The standard InChI is InChI=1S/C11H11BrN2O/c1-7(2)14-6-13-10-4-8(5-15)3-9(12)11(10)14/h3-7H,1-2H3. The first kappa shape index (κ1) is 10.4. The Kier molecular flexibility index (Phi) is 2.61. The van der Waals surface area contributed by atoms with Gasteiger partial charge in [0.1, 0.15) is 6.29 Å². The maximum Gasteiger partial charge on any atom is 0.150 e. The van der Waals surface area contributed by atoms with E-state index in [0.717, 1.165) is 21.8 Å². The van der Waals surface area contributed by atoms with Gasteiger partial charge in [-0.2, -0.15) is 0 Å². The lowest BCUT2D eigenvalue weighted by molar-refractivity contribution is 0.112. The molecule has 1 heterocycles. The molecule has 0 fully saturated rings. The molecule has 78 valence electrons. The van der Waals surface area contributed by atoms with Crippen molar-refractivity contribution in [2.75, 3.05) is 0 Å². The van der Waals surface area contributed by atoms with Crippen LogP contribution in [0, 0.1) is 0 Å². The molecule has 0 atom stereocenters. The van der Waals surface area contributed by atoms with Crippen LogP contribution in [-0.2, 0) is 0 Å². The fraction of sp³-hybridized carbons (Fsp3) is 0.273. The molecule has 0 spiro atoms. The third-order valence-corrected chi connectivity index (χ3v) is 2.94. The van der Waals surface area contributed by atoms with E-state index in [0.29, 0.717) is 11.6 Å². The van der Waals surface area contributed by atoms with Gasteiger partial charge in [-0.05, 0) is 41.9 Å². The van der Waals surface area contributed by atoms with Crippen LogP contribution < -0.4 is 0 Å². The van der Waals surface area contributed by atoms with Crippen LogP contribution in [0.1, 0.15) is 30.2 Å². The number of hydrogen-bond acceptors (Lipinski definition) is 2. The zero-order valence-corrected chi connectivity index (χ0v) is 10.2.